The van der Waals surface area contributed by atoms with Gasteiger partial charge in [-0.2, -0.15) is 0 Å². The molecule has 0 radical (unpaired) electrons. The summed E-state index contributed by atoms with van der Waals surface area (Å²) < 4.78 is 6.51. The Labute approximate surface area is 105 Å². The minimum Gasteiger partial charge on any atom is -0.381 e. The topological polar surface area (TPSA) is 9.23 Å². The Balaban J connectivity index is 2.50. The molecule has 0 aromatic heterocycles. The third-order valence-electron chi connectivity index (χ3n) is 2.19. The normalized spacial score (nSPS) is 12.7. The molecule has 1 nitrogen and oxygen atoms in total. The van der Waals surface area contributed by atoms with Crippen molar-refractivity contribution in [3.05, 3.63) is 34.3 Å². The Bertz CT molecular complexity index is 291. The molecule has 0 fully saturated rings. The third-order valence-corrected chi connectivity index (χ3v) is 3.12. The van der Waals surface area contributed by atoms with Crippen molar-refractivity contribution in [2.75, 3.05) is 19.1 Å². The zero-order chi connectivity index (χ0) is 11.1. The van der Waals surface area contributed by atoms with Gasteiger partial charge in [0.1, 0.15) is 0 Å². The highest BCUT2D eigenvalue weighted by Gasteiger charge is 2.08. The van der Waals surface area contributed by atoms with Crippen molar-refractivity contribution in [2.45, 2.75) is 13.3 Å². The van der Waals surface area contributed by atoms with E-state index in [9.17, 15) is 0 Å². The van der Waals surface area contributed by atoms with Gasteiger partial charge in [-0.1, -0.05) is 28.1 Å². The summed E-state index contributed by atoms with van der Waals surface area (Å²) in [5.74, 6) is 1.05. The molecule has 3 heteroatoms. The second kappa shape index (κ2) is 7.26. The van der Waals surface area contributed by atoms with Gasteiger partial charge >= 0.3 is 0 Å². The largest absolute Gasteiger partial charge is 0.381 e. The van der Waals surface area contributed by atoms with E-state index in [0.29, 0.717) is 11.8 Å². The van der Waals surface area contributed by atoms with Crippen molar-refractivity contribution in [1.29, 1.82) is 0 Å². The molecule has 0 saturated heterocycles. The van der Waals surface area contributed by atoms with Crippen LogP contribution in [0.3, 0.4) is 0 Å². The molecule has 0 amide bonds. The molecule has 0 aliphatic heterocycles. The van der Waals surface area contributed by atoms with Gasteiger partial charge in [-0.05, 0) is 37.0 Å². The van der Waals surface area contributed by atoms with Crippen LogP contribution in [0.25, 0.3) is 0 Å². The highest BCUT2D eigenvalue weighted by molar-refractivity contribution is 9.10. The van der Waals surface area contributed by atoms with Crippen LogP contribution in [-0.4, -0.2) is 19.1 Å². The Morgan fingerprint density at radius 2 is 2.27 bits per heavy atom. The summed E-state index contributed by atoms with van der Waals surface area (Å²) in [5, 5.41) is 0. The molecular weight excluding hydrogens is 275 g/mol. The predicted octanol–water partition coefficient (Wildman–Crippen LogP) is 3.88. The summed E-state index contributed by atoms with van der Waals surface area (Å²) in [6.07, 6.45) is 0.975. The van der Waals surface area contributed by atoms with Crippen molar-refractivity contribution < 1.29 is 4.74 Å². The van der Waals surface area contributed by atoms with Gasteiger partial charge in [-0.15, -0.1) is 11.6 Å². The van der Waals surface area contributed by atoms with E-state index < -0.39 is 0 Å². The van der Waals surface area contributed by atoms with Gasteiger partial charge in [0.05, 0.1) is 6.61 Å². The van der Waals surface area contributed by atoms with Crippen LogP contribution in [0.15, 0.2) is 28.7 Å². The Morgan fingerprint density at radius 3 is 2.87 bits per heavy atom. The monoisotopic (exact) mass is 290 g/mol. The minimum absolute atomic E-state index is 0.404. The SMILES string of the molecule is CCOCC(CCl)Cc1cccc(Br)c1. The van der Waals surface area contributed by atoms with Crippen LogP contribution in [-0.2, 0) is 11.2 Å². The number of hydrogen-bond acceptors (Lipinski definition) is 1. The van der Waals surface area contributed by atoms with Crippen LogP contribution in [0, 0.1) is 5.92 Å². The molecule has 0 spiro atoms. The van der Waals surface area contributed by atoms with E-state index in [4.69, 9.17) is 16.3 Å². The fraction of sp³-hybridized carbons (Fsp3) is 0.500. The minimum atomic E-state index is 0.404. The zero-order valence-electron chi connectivity index (χ0n) is 8.88. The van der Waals surface area contributed by atoms with Crippen LogP contribution in [0.2, 0.25) is 0 Å². The fourth-order valence-corrected chi connectivity index (χ4v) is 2.08. The van der Waals surface area contributed by atoms with Gasteiger partial charge in [0.25, 0.3) is 0 Å². The number of alkyl halides is 1. The van der Waals surface area contributed by atoms with Crippen LogP contribution in [0.4, 0.5) is 0 Å². The van der Waals surface area contributed by atoms with Crippen molar-refractivity contribution >= 4 is 27.5 Å². The van der Waals surface area contributed by atoms with Crippen LogP contribution >= 0.6 is 27.5 Å². The van der Waals surface area contributed by atoms with Crippen LogP contribution in [0.1, 0.15) is 12.5 Å². The van der Waals surface area contributed by atoms with Crippen molar-refractivity contribution in [3.8, 4) is 0 Å². The molecule has 15 heavy (non-hydrogen) atoms. The molecule has 84 valence electrons. The molecule has 1 aromatic rings. The van der Waals surface area contributed by atoms with E-state index in [1.165, 1.54) is 5.56 Å². The molecule has 1 aromatic carbocycles. The number of benzene rings is 1. The first kappa shape index (κ1) is 13.0. The number of hydrogen-bond donors (Lipinski definition) is 0. The molecule has 1 rings (SSSR count). The summed E-state index contributed by atoms with van der Waals surface area (Å²) in [6.45, 7) is 3.50. The maximum atomic E-state index is 5.90. The molecular formula is C12H16BrClO. The molecule has 0 bridgehead atoms. The average Bonchev–Trinajstić information content (AvgIpc) is 2.24. The van der Waals surface area contributed by atoms with E-state index in [2.05, 4.69) is 28.1 Å². The summed E-state index contributed by atoms with van der Waals surface area (Å²) in [7, 11) is 0. The molecule has 0 aliphatic carbocycles. The van der Waals surface area contributed by atoms with Gasteiger partial charge in [-0.25, -0.2) is 0 Å². The quantitative estimate of drug-likeness (QED) is 0.723. The third kappa shape index (κ3) is 5.01. The first-order chi connectivity index (χ1) is 7.26. The maximum absolute atomic E-state index is 5.90. The van der Waals surface area contributed by atoms with Gasteiger partial charge in [0.2, 0.25) is 0 Å². The Kier molecular flexibility index (Phi) is 6.30. The van der Waals surface area contributed by atoms with E-state index >= 15 is 0 Å². The average molecular weight is 292 g/mol. The predicted molar refractivity (Wildman–Crippen MR) is 68.5 cm³/mol. The van der Waals surface area contributed by atoms with E-state index in [0.717, 1.165) is 24.1 Å². The molecule has 1 atom stereocenters. The summed E-state index contributed by atoms with van der Waals surface area (Å²) >= 11 is 9.36. The standard InChI is InChI=1S/C12H16BrClO/c1-2-15-9-11(8-14)6-10-4-3-5-12(13)7-10/h3-5,7,11H,2,6,8-9H2,1H3. The summed E-state index contributed by atoms with van der Waals surface area (Å²) in [6, 6.07) is 8.33. The lowest BCUT2D eigenvalue weighted by Gasteiger charge is -2.13. The Morgan fingerprint density at radius 1 is 1.47 bits per heavy atom. The molecule has 0 saturated carbocycles. The van der Waals surface area contributed by atoms with E-state index in [1.807, 2.05) is 19.1 Å². The molecule has 0 heterocycles. The summed E-state index contributed by atoms with van der Waals surface area (Å²) in [5.41, 5.74) is 1.30. The van der Waals surface area contributed by atoms with Crippen molar-refractivity contribution in [3.63, 3.8) is 0 Å². The molecule has 1 unspecified atom stereocenters. The lowest BCUT2D eigenvalue weighted by molar-refractivity contribution is 0.117. The first-order valence-corrected chi connectivity index (χ1v) is 6.47. The lowest BCUT2D eigenvalue weighted by Crippen LogP contribution is -2.14. The van der Waals surface area contributed by atoms with Crippen molar-refractivity contribution in [2.24, 2.45) is 5.92 Å². The number of halogens is 2. The first-order valence-electron chi connectivity index (χ1n) is 5.14. The van der Waals surface area contributed by atoms with Gasteiger partial charge in [0.15, 0.2) is 0 Å². The van der Waals surface area contributed by atoms with Gasteiger partial charge in [0, 0.05) is 17.0 Å². The fourth-order valence-electron chi connectivity index (χ4n) is 1.44. The van der Waals surface area contributed by atoms with Gasteiger partial charge in [-0.3, -0.25) is 0 Å². The van der Waals surface area contributed by atoms with Crippen LogP contribution in [0.5, 0.6) is 0 Å². The van der Waals surface area contributed by atoms with Crippen LogP contribution < -0.4 is 0 Å². The highest BCUT2D eigenvalue weighted by Crippen LogP contribution is 2.16. The number of rotatable bonds is 6. The summed E-state index contributed by atoms with van der Waals surface area (Å²) in [4.78, 5) is 0. The second-order valence-corrected chi connectivity index (χ2v) is 4.74. The Hall–Kier alpha value is -0.0500. The number of ether oxygens (including phenoxy) is 1. The highest BCUT2D eigenvalue weighted by atomic mass is 79.9. The molecule has 0 N–H and O–H groups in total. The smallest absolute Gasteiger partial charge is 0.0508 e. The lowest BCUT2D eigenvalue weighted by atomic mass is 10.0. The van der Waals surface area contributed by atoms with Gasteiger partial charge < -0.3 is 4.74 Å². The van der Waals surface area contributed by atoms with E-state index in [1.54, 1.807) is 0 Å². The second-order valence-electron chi connectivity index (χ2n) is 3.51. The maximum Gasteiger partial charge on any atom is 0.0508 e. The van der Waals surface area contributed by atoms with Crippen molar-refractivity contribution in [1.82, 2.24) is 0 Å². The zero-order valence-corrected chi connectivity index (χ0v) is 11.2. The molecule has 0 aliphatic rings. The van der Waals surface area contributed by atoms with E-state index in [-0.39, 0.29) is 0 Å².